The molecule has 104 valence electrons. The minimum atomic E-state index is 0.0355. The van der Waals surface area contributed by atoms with Crippen LogP contribution in [0.2, 0.25) is 0 Å². The smallest absolute Gasteiger partial charge is 0.318 e. The Bertz CT molecular complexity index is 428. The van der Waals surface area contributed by atoms with Crippen molar-refractivity contribution in [1.82, 2.24) is 10.2 Å². The summed E-state index contributed by atoms with van der Waals surface area (Å²) in [5, 5.41) is 2.97. The first kappa shape index (κ1) is 13.7. The molecule has 0 radical (unpaired) electrons. The number of rotatable bonds is 3. The van der Waals surface area contributed by atoms with Gasteiger partial charge in [0.1, 0.15) is 5.75 Å². The summed E-state index contributed by atoms with van der Waals surface area (Å²) in [5.74, 6) is 0.847. The van der Waals surface area contributed by atoms with Gasteiger partial charge in [-0.15, -0.1) is 0 Å². The van der Waals surface area contributed by atoms with Crippen LogP contribution in [-0.4, -0.2) is 30.6 Å². The third kappa shape index (κ3) is 3.19. The molecule has 1 atom stereocenters. The van der Waals surface area contributed by atoms with Crippen LogP contribution in [0.5, 0.6) is 5.75 Å². The van der Waals surface area contributed by atoms with Crippen molar-refractivity contribution < 1.29 is 9.53 Å². The standard InChI is InChI=1S/C15H22N2O2/c1-11(2)16-15(18)17-10-4-5-14(17)12-6-8-13(19-3)9-7-12/h6-9,11,14H,4-5,10H2,1-3H3,(H,16,18)/t14-/m1/s1. The molecule has 0 unspecified atom stereocenters. The largest absolute Gasteiger partial charge is 0.497 e. The Morgan fingerprint density at radius 2 is 2.05 bits per heavy atom. The molecular formula is C15H22N2O2. The van der Waals surface area contributed by atoms with Crippen molar-refractivity contribution in [2.75, 3.05) is 13.7 Å². The summed E-state index contributed by atoms with van der Waals surface area (Å²) >= 11 is 0. The lowest BCUT2D eigenvalue weighted by molar-refractivity contribution is 0.190. The topological polar surface area (TPSA) is 41.6 Å². The monoisotopic (exact) mass is 262 g/mol. The molecule has 0 spiro atoms. The number of ether oxygens (including phenoxy) is 1. The van der Waals surface area contributed by atoms with Crippen LogP contribution in [0.3, 0.4) is 0 Å². The van der Waals surface area contributed by atoms with E-state index in [4.69, 9.17) is 4.74 Å². The van der Waals surface area contributed by atoms with Crippen molar-refractivity contribution in [2.45, 2.75) is 38.8 Å². The van der Waals surface area contributed by atoms with Gasteiger partial charge in [0.25, 0.3) is 0 Å². The second-order valence-corrected chi connectivity index (χ2v) is 5.23. The molecule has 1 heterocycles. The van der Waals surface area contributed by atoms with Gasteiger partial charge in [-0.2, -0.15) is 0 Å². The highest BCUT2D eigenvalue weighted by Crippen LogP contribution is 2.32. The van der Waals surface area contributed by atoms with E-state index in [9.17, 15) is 4.79 Å². The van der Waals surface area contributed by atoms with Crippen LogP contribution in [0, 0.1) is 0 Å². The minimum absolute atomic E-state index is 0.0355. The molecule has 1 saturated heterocycles. The van der Waals surface area contributed by atoms with E-state index in [-0.39, 0.29) is 18.1 Å². The molecule has 19 heavy (non-hydrogen) atoms. The van der Waals surface area contributed by atoms with E-state index in [0.717, 1.165) is 25.1 Å². The zero-order chi connectivity index (χ0) is 13.8. The Balaban J connectivity index is 2.11. The van der Waals surface area contributed by atoms with Crippen LogP contribution in [0.4, 0.5) is 4.79 Å². The van der Waals surface area contributed by atoms with Crippen LogP contribution in [0.1, 0.15) is 38.3 Å². The van der Waals surface area contributed by atoms with Crippen LogP contribution in [0.25, 0.3) is 0 Å². The molecule has 0 saturated carbocycles. The number of hydrogen-bond acceptors (Lipinski definition) is 2. The van der Waals surface area contributed by atoms with E-state index in [1.807, 2.05) is 43.0 Å². The molecule has 2 rings (SSSR count). The van der Waals surface area contributed by atoms with Crippen LogP contribution in [-0.2, 0) is 0 Å². The van der Waals surface area contributed by atoms with Crippen molar-refractivity contribution in [3.8, 4) is 5.75 Å². The summed E-state index contributed by atoms with van der Waals surface area (Å²) in [5.41, 5.74) is 1.18. The lowest BCUT2D eigenvalue weighted by Gasteiger charge is -2.26. The minimum Gasteiger partial charge on any atom is -0.497 e. The Morgan fingerprint density at radius 3 is 2.63 bits per heavy atom. The summed E-state index contributed by atoms with van der Waals surface area (Å²) in [6, 6.07) is 8.38. The lowest BCUT2D eigenvalue weighted by Crippen LogP contribution is -2.42. The molecule has 4 heteroatoms. The third-order valence-electron chi connectivity index (χ3n) is 3.43. The van der Waals surface area contributed by atoms with Gasteiger partial charge in [-0.3, -0.25) is 0 Å². The first-order chi connectivity index (χ1) is 9.11. The van der Waals surface area contributed by atoms with Gasteiger partial charge in [0.05, 0.1) is 13.2 Å². The number of amides is 2. The quantitative estimate of drug-likeness (QED) is 0.910. The predicted molar refractivity (Wildman–Crippen MR) is 75.3 cm³/mol. The first-order valence-corrected chi connectivity index (χ1v) is 6.83. The van der Waals surface area contributed by atoms with E-state index < -0.39 is 0 Å². The van der Waals surface area contributed by atoms with E-state index in [1.54, 1.807) is 7.11 Å². The fourth-order valence-corrected chi connectivity index (χ4v) is 2.51. The third-order valence-corrected chi connectivity index (χ3v) is 3.43. The number of urea groups is 1. The van der Waals surface area contributed by atoms with Crippen LogP contribution in [0.15, 0.2) is 24.3 Å². The molecule has 1 aliphatic heterocycles. The molecule has 1 aromatic carbocycles. The molecule has 2 amide bonds. The van der Waals surface area contributed by atoms with Gasteiger partial charge in [0.15, 0.2) is 0 Å². The number of nitrogens with zero attached hydrogens (tertiary/aromatic N) is 1. The molecule has 1 fully saturated rings. The first-order valence-electron chi connectivity index (χ1n) is 6.83. The maximum Gasteiger partial charge on any atom is 0.318 e. The highest BCUT2D eigenvalue weighted by atomic mass is 16.5. The summed E-state index contributed by atoms with van der Waals surface area (Å²) in [7, 11) is 1.66. The normalized spacial score (nSPS) is 18.7. The Kier molecular flexibility index (Phi) is 4.30. The summed E-state index contributed by atoms with van der Waals surface area (Å²) in [6.07, 6.45) is 2.08. The molecule has 0 aromatic heterocycles. The van der Waals surface area contributed by atoms with Crippen molar-refractivity contribution in [2.24, 2.45) is 0 Å². The molecule has 0 aliphatic carbocycles. The molecule has 1 N–H and O–H groups in total. The van der Waals surface area contributed by atoms with E-state index >= 15 is 0 Å². The number of hydrogen-bond donors (Lipinski definition) is 1. The van der Waals surface area contributed by atoms with Gasteiger partial charge >= 0.3 is 6.03 Å². The highest BCUT2D eigenvalue weighted by Gasteiger charge is 2.30. The summed E-state index contributed by atoms with van der Waals surface area (Å²) < 4.78 is 5.17. The van der Waals surface area contributed by atoms with Gasteiger partial charge in [-0.25, -0.2) is 4.79 Å². The maximum absolute atomic E-state index is 12.2. The molecule has 0 bridgehead atoms. The second kappa shape index (κ2) is 5.95. The number of nitrogens with one attached hydrogen (secondary N) is 1. The van der Waals surface area contributed by atoms with Gasteiger partial charge in [0, 0.05) is 12.6 Å². The zero-order valence-corrected chi connectivity index (χ0v) is 11.8. The Morgan fingerprint density at radius 1 is 1.37 bits per heavy atom. The van der Waals surface area contributed by atoms with Crippen molar-refractivity contribution in [3.63, 3.8) is 0 Å². The van der Waals surface area contributed by atoms with Crippen molar-refractivity contribution >= 4 is 6.03 Å². The van der Waals surface area contributed by atoms with Gasteiger partial charge in [-0.1, -0.05) is 12.1 Å². The second-order valence-electron chi connectivity index (χ2n) is 5.23. The average Bonchev–Trinajstić information content (AvgIpc) is 2.87. The highest BCUT2D eigenvalue weighted by molar-refractivity contribution is 5.75. The SMILES string of the molecule is COc1ccc([C@H]2CCCN2C(=O)NC(C)C)cc1. The average molecular weight is 262 g/mol. The summed E-state index contributed by atoms with van der Waals surface area (Å²) in [4.78, 5) is 14.1. The van der Waals surface area contributed by atoms with Gasteiger partial charge < -0.3 is 15.0 Å². The fourth-order valence-electron chi connectivity index (χ4n) is 2.51. The van der Waals surface area contributed by atoms with Gasteiger partial charge in [-0.05, 0) is 44.4 Å². The number of carbonyl (C=O) groups excluding carboxylic acids is 1. The maximum atomic E-state index is 12.2. The van der Waals surface area contributed by atoms with E-state index in [0.29, 0.717) is 0 Å². The predicted octanol–water partition coefficient (Wildman–Crippen LogP) is 2.95. The van der Waals surface area contributed by atoms with Crippen molar-refractivity contribution in [3.05, 3.63) is 29.8 Å². The number of likely N-dealkylation sites (tertiary alicyclic amines) is 1. The number of methoxy groups -OCH3 is 1. The molecular weight excluding hydrogens is 240 g/mol. The van der Waals surface area contributed by atoms with Gasteiger partial charge in [0.2, 0.25) is 0 Å². The summed E-state index contributed by atoms with van der Waals surface area (Å²) in [6.45, 7) is 4.79. The Labute approximate surface area is 114 Å². The molecule has 1 aliphatic rings. The number of benzene rings is 1. The lowest BCUT2D eigenvalue weighted by atomic mass is 10.0. The van der Waals surface area contributed by atoms with Crippen molar-refractivity contribution in [1.29, 1.82) is 0 Å². The Hall–Kier alpha value is -1.71. The molecule has 4 nitrogen and oxygen atoms in total. The fraction of sp³-hybridized carbons (Fsp3) is 0.533. The number of carbonyl (C=O) groups is 1. The van der Waals surface area contributed by atoms with Crippen LogP contribution >= 0.6 is 0 Å². The zero-order valence-electron chi connectivity index (χ0n) is 11.8. The van der Waals surface area contributed by atoms with Crippen LogP contribution < -0.4 is 10.1 Å². The van der Waals surface area contributed by atoms with E-state index in [1.165, 1.54) is 5.56 Å². The molecule has 1 aromatic rings. The van der Waals surface area contributed by atoms with E-state index in [2.05, 4.69) is 5.32 Å².